The van der Waals surface area contributed by atoms with Crippen molar-refractivity contribution in [2.45, 2.75) is 6.10 Å². The van der Waals surface area contributed by atoms with Gasteiger partial charge in [0.25, 0.3) is 0 Å². The summed E-state index contributed by atoms with van der Waals surface area (Å²) in [5.41, 5.74) is 5.34. The van der Waals surface area contributed by atoms with Crippen molar-refractivity contribution in [1.82, 2.24) is 0 Å². The molecule has 5 heteroatoms. The maximum atomic E-state index is 13.1. The molecule has 3 N–H and O–H groups in total. The molecule has 78 valence electrons. The molecule has 0 saturated heterocycles. The maximum absolute atomic E-state index is 13.1. The van der Waals surface area contributed by atoms with Crippen LogP contribution in [0.3, 0.4) is 0 Å². The molecule has 0 aromatic heterocycles. The number of nitrogens with two attached hydrogens (primary N) is 1. The molecule has 0 fully saturated rings. The average molecular weight is 203 g/mol. The highest BCUT2D eigenvalue weighted by molar-refractivity contribution is 5.37. The minimum Gasteiger partial charge on any atom is -0.493 e. The van der Waals surface area contributed by atoms with Crippen molar-refractivity contribution in [3.63, 3.8) is 0 Å². The third kappa shape index (κ3) is 1.83. The van der Waals surface area contributed by atoms with Gasteiger partial charge in [0.15, 0.2) is 11.6 Å². The molecule has 14 heavy (non-hydrogen) atoms. The van der Waals surface area contributed by atoms with Gasteiger partial charge in [-0.1, -0.05) is 0 Å². The standard InChI is InChI=1S/C9H11F2NO2/c1-14-9-5(7(13)4-12)2-3-6(10)8(9)11/h2-3,7,13H,4,12H2,1H3/t7-/m1/s1. The van der Waals surface area contributed by atoms with Crippen molar-refractivity contribution in [2.24, 2.45) is 5.73 Å². The van der Waals surface area contributed by atoms with E-state index in [-0.39, 0.29) is 17.9 Å². The van der Waals surface area contributed by atoms with Crippen molar-refractivity contribution < 1.29 is 18.6 Å². The largest absolute Gasteiger partial charge is 0.493 e. The fraction of sp³-hybridized carbons (Fsp3) is 0.333. The van der Waals surface area contributed by atoms with Gasteiger partial charge < -0.3 is 15.6 Å². The Labute approximate surface area is 80.1 Å². The Morgan fingerprint density at radius 1 is 1.50 bits per heavy atom. The van der Waals surface area contributed by atoms with Crippen LogP contribution in [-0.4, -0.2) is 18.8 Å². The predicted octanol–water partition coefficient (Wildman–Crippen LogP) is 0.966. The van der Waals surface area contributed by atoms with Crippen molar-refractivity contribution in [1.29, 1.82) is 0 Å². The summed E-state index contributed by atoms with van der Waals surface area (Å²) in [7, 11) is 1.20. The summed E-state index contributed by atoms with van der Waals surface area (Å²) in [6.45, 7) is -0.0819. The lowest BCUT2D eigenvalue weighted by Gasteiger charge is -2.13. The molecule has 0 spiro atoms. The van der Waals surface area contributed by atoms with Crippen LogP contribution in [0.2, 0.25) is 0 Å². The monoisotopic (exact) mass is 203 g/mol. The summed E-state index contributed by atoms with van der Waals surface area (Å²) >= 11 is 0. The number of methoxy groups -OCH3 is 1. The minimum atomic E-state index is -1.11. The zero-order valence-corrected chi connectivity index (χ0v) is 7.63. The van der Waals surface area contributed by atoms with Crippen LogP contribution in [-0.2, 0) is 0 Å². The van der Waals surface area contributed by atoms with E-state index in [1.54, 1.807) is 0 Å². The highest BCUT2D eigenvalue weighted by Gasteiger charge is 2.18. The molecule has 0 aliphatic heterocycles. The Morgan fingerprint density at radius 2 is 2.14 bits per heavy atom. The highest BCUT2D eigenvalue weighted by atomic mass is 19.2. The van der Waals surface area contributed by atoms with Gasteiger partial charge in [-0.3, -0.25) is 0 Å². The number of aliphatic hydroxyl groups excluding tert-OH is 1. The van der Waals surface area contributed by atoms with Crippen LogP contribution < -0.4 is 10.5 Å². The SMILES string of the molecule is COc1c([C@H](O)CN)ccc(F)c1F. The molecule has 0 aliphatic carbocycles. The quantitative estimate of drug-likeness (QED) is 0.769. The Kier molecular flexibility index (Phi) is 3.38. The lowest BCUT2D eigenvalue weighted by molar-refractivity contribution is 0.180. The van der Waals surface area contributed by atoms with E-state index in [4.69, 9.17) is 5.73 Å². The third-order valence-electron chi connectivity index (χ3n) is 1.87. The van der Waals surface area contributed by atoms with Crippen molar-refractivity contribution in [3.05, 3.63) is 29.3 Å². The molecule has 0 amide bonds. The van der Waals surface area contributed by atoms with Crippen molar-refractivity contribution in [2.75, 3.05) is 13.7 Å². The van der Waals surface area contributed by atoms with Gasteiger partial charge in [0.1, 0.15) is 0 Å². The van der Waals surface area contributed by atoms with Crippen LogP contribution in [0.15, 0.2) is 12.1 Å². The fourth-order valence-corrected chi connectivity index (χ4v) is 1.14. The third-order valence-corrected chi connectivity index (χ3v) is 1.87. The predicted molar refractivity (Wildman–Crippen MR) is 46.9 cm³/mol. The van der Waals surface area contributed by atoms with Gasteiger partial charge in [-0.2, -0.15) is 4.39 Å². The summed E-state index contributed by atoms with van der Waals surface area (Å²) in [6, 6.07) is 2.17. The smallest absolute Gasteiger partial charge is 0.200 e. The van der Waals surface area contributed by atoms with E-state index in [0.29, 0.717) is 0 Å². The normalized spacial score (nSPS) is 12.6. The number of hydrogen-bond acceptors (Lipinski definition) is 3. The van der Waals surface area contributed by atoms with Crippen molar-refractivity contribution in [3.8, 4) is 5.75 Å². The van der Waals surface area contributed by atoms with E-state index < -0.39 is 17.7 Å². The number of benzene rings is 1. The fourth-order valence-electron chi connectivity index (χ4n) is 1.14. The number of ether oxygens (including phenoxy) is 1. The Balaban J connectivity index is 3.23. The molecular weight excluding hydrogens is 192 g/mol. The van der Waals surface area contributed by atoms with E-state index in [9.17, 15) is 13.9 Å². The summed E-state index contributed by atoms with van der Waals surface area (Å²) in [5.74, 6) is -2.43. The molecule has 0 heterocycles. The first-order chi connectivity index (χ1) is 6.61. The Bertz CT molecular complexity index is 331. The molecule has 0 radical (unpaired) electrons. The van der Waals surface area contributed by atoms with Gasteiger partial charge in [-0.25, -0.2) is 4.39 Å². The van der Waals surface area contributed by atoms with Gasteiger partial charge >= 0.3 is 0 Å². The molecule has 0 aliphatic rings. The molecule has 1 rings (SSSR count). The highest BCUT2D eigenvalue weighted by Crippen LogP contribution is 2.29. The first-order valence-electron chi connectivity index (χ1n) is 4.01. The van der Waals surface area contributed by atoms with Gasteiger partial charge in [0.2, 0.25) is 5.82 Å². The lowest BCUT2D eigenvalue weighted by Crippen LogP contribution is -2.13. The van der Waals surface area contributed by atoms with E-state index in [1.165, 1.54) is 13.2 Å². The van der Waals surface area contributed by atoms with E-state index in [0.717, 1.165) is 6.07 Å². The van der Waals surface area contributed by atoms with Crippen LogP contribution in [0.1, 0.15) is 11.7 Å². The van der Waals surface area contributed by atoms with E-state index >= 15 is 0 Å². The van der Waals surface area contributed by atoms with Gasteiger partial charge in [-0.15, -0.1) is 0 Å². The zero-order valence-electron chi connectivity index (χ0n) is 7.63. The first kappa shape index (κ1) is 10.9. The lowest BCUT2D eigenvalue weighted by atomic mass is 10.1. The topological polar surface area (TPSA) is 55.5 Å². The van der Waals surface area contributed by atoms with Crippen LogP contribution in [0.4, 0.5) is 8.78 Å². The second-order valence-corrected chi connectivity index (χ2v) is 2.74. The molecule has 0 unspecified atom stereocenters. The molecular formula is C9H11F2NO2. The molecule has 1 aromatic rings. The molecule has 1 aromatic carbocycles. The Morgan fingerprint density at radius 3 is 2.64 bits per heavy atom. The number of aliphatic hydroxyl groups is 1. The number of halogens is 2. The van der Waals surface area contributed by atoms with Gasteiger partial charge in [0, 0.05) is 12.1 Å². The summed E-state index contributed by atoms with van der Waals surface area (Å²) in [5, 5.41) is 9.36. The molecule has 1 atom stereocenters. The maximum Gasteiger partial charge on any atom is 0.200 e. The van der Waals surface area contributed by atoms with E-state index in [2.05, 4.69) is 4.74 Å². The second kappa shape index (κ2) is 4.34. The van der Waals surface area contributed by atoms with Crippen LogP contribution >= 0.6 is 0 Å². The summed E-state index contributed by atoms with van der Waals surface area (Å²) in [6.07, 6.45) is -1.06. The molecule has 0 bridgehead atoms. The average Bonchev–Trinajstić information content (AvgIpc) is 2.20. The zero-order chi connectivity index (χ0) is 10.7. The minimum absolute atomic E-state index is 0.0819. The summed E-state index contributed by atoms with van der Waals surface area (Å²) in [4.78, 5) is 0. The van der Waals surface area contributed by atoms with Crippen LogP contribution in [0.5, 0.6) is 5.75 Å². The molecule has 0 saturated carbocycles. The number of rotatable bonds is 3. The van der Waals surface area contributed by atoms with Gasteiger partial charge in [0.05, 0.1) is 13.2 Å². The summed E-state index contributed by atoms with van der Waals surface area (Å²) < 4.78 is 30.5. The molecule has 3 nitrogen and oxygen atoms in total. The van der Waals surface area contributed by atoms with E-state index in [1.807, 2.05) is 0 Å². The van der Waals surface area contributed by atoms with Crippen LogP contribution in [0.25, 0.3) is 0 Å². The second-order valence-electron chi connectivity index (χ2n) is 2.74. The first-order valence-corrected chi connectivity index (χ1v) is 4.01. The number of hydrogen-bond donors (Lipinski definition) is 2. The van der Waals surface area contributed by atoms with Gasteiger partial charge in [-0.05, 0) is 12.1 Å². The van der Waals surface area contributed by atoms with Crippen molar-refractivity contribution >= 4 is 0 Å². The Hall–Kier alpha value is -1.20. The van der Waals surface area contributed by atoms with Crippen LogP contribution in [0, 0.1) is 11.6 Å².